The zero-order valence-electron chi connectivity index (χ0n) is 14.0. The molecule has 3 nitrogen and oxygen atoms in total. The summed E-state index contributed by atoms with van der Waals surface area (Å²) < 4.78 is 7.77. The van der Waals surface area contributed by atoms with Crippen molar-refractivity contribution in [3.05, 3.63) is 41.4 Å². The molecule has 0 fully saturated rings. The molecular weight excluding hydrogens is 308 g/mol. The van der Waals surface area contributed by atoms with Crippen LogP contribution in [0, 0.1) is 0 Å². The molecule has 23 heavy (non-hydrogen) atoms. The first-order chi connectivity index (χ1) is 11.2. The molecule has 4 heteroatoms. The highest BCUT2D eigenvalue weighted by Crippen LogP contribution is 2.33. The summed E-state index contributed by atoms with van der Waals surface area (Å²) in [6, 6.07) is 12.4. The highest BCUT2D eigenvalue weighted by atomic mass is 35.5. The molecule has 0 unspecified atom stereocenters. The van der Waals surface area contributed by atoms with Crippen LogP contribution in [0.25, 0.3) is 21.8 Å². The van der Waals surface area contributed by atoms with Crippen LogP contribution in [0.3, 0.4) is 0 Å². The van der Waals surface area contributed by atoms with Crippen LogP contribution in [0.4, 0.5) is 0 Å². The summed E-state index contributed by atoms with van der Waals surface area (Å²) in [6.07, 6.45) is 0. The van der Waals surface area contributed by atoms with Crippen LogP contribution >= 0.6 is 11.6 Å². The first-order valence-corrected chi connectivity index (χ1v) is 8.53. The van der Waals surface area contributed by atoms with Crippen molar-refractivity contribution < 1.29 is 4.74 Å². The number of fused-ring (bicyclic) bond motifs is 3. The Bertz CT molecular complexity index is 821. The van der Waals surface area contributed by atoms with Gasteiger partial charge in [0.1, 0.15) is 5.75 Å². The Labute approximate surface area is 142 Å². The van der Waals surface area contributed by atoms with Crippen molar-refractivity contribution >= 4 is 33.4 Å². The average molecular weight is 331 g/mol. The Morgan fingerprint density at radius 3 is 2.30 bits per heavy atom. The third-order valence-electron chi connectivity index (χ3n) is 4.57. The Morgan fingerprint density at radius 1 is 1.00 bits per heavy atom. The lowest BCUT2D eigenvalue weighted by Crippen LogP contribution is -2.26. The molecule has 1 aromatic heterocycles. The Morgan fingerprint density at radius 2 is 1.65 bits per heavy atom. The van der Waals surface area contributed by atoms with Crippen LogP contribution in [-0.4, -0.2) is 36.2 Å². The van der Waals surface area contributed by atoms with E-state index in [1.54, 1.807) is 7.11 Å². The molecule has 0 saturated carbocycles. The van der Waals surface area contributed by atoms with E-state index in [9.17, 15) is 0 Å². The minimum atomic E-state index is 0.774. The highest BCUT2D eigenvalue weighted by Gasteiger charge is 2.12. The molecule has 0 amide bonds. The summed E-state index contributed by atoms with van der Waals surface area (Å²) >= 11 is 6.25. The van der Waals surface area contributed by atoms with E-state index in [1.807, 2.05) is 12.1 Å². The van der Waals surface area contributed by atoms with Gasteiger partial charge in [-0.2, -0.15) is 0 Å². The second-order valence-corrected chi connectivity index (χ2v) is 6.16. The molecule has 3 aromatic rings. The maximum Gasteiger partial charge on any atom is 0.120 e. The van der Waals surface area contributed by atoms with Gasteiger partial charge in [0.05, 0.1) is 18.1 Å². The number of hydrogen-bond donors (Lipinski definition) is 0. The van der Waals surface area contributed by atoms with Crippen LogP contribution in [0.2, 0.25) is 5.02 Å². The number of hydrogen-bond acceptors (Lipinski definition) is 2. The molecule has 0 saturated heterocycles. The van der Waals surface area contributed by atoms with Gasteiger partial charge >= 0.3 is 0 Å². The second kappa shape index (κ2) is 6.81. The van der Waals surface area contributed by atoms with E-state index in [0.29, 0.717) is 0 Å². The molecular formula is C19H23ClN2O. The number of likely N-dealkylation sites (N-methyl/N-ethyl adjacent to an activating group) is 1. The van der Waals surface area contributed by atoms with Gasteiger partial charge in [0.15, 0.2) is 0 Å². The topological polar surface area (TPSA) is 17.4 Å². The van der Waals surface area contributed by atoms with Crippen molar-refractivity contribution in [2.45, 2.75) is 20.4 Å². The van der Waals surface area contributed by atoms with E-state index in [0.717, 1.165) is 37.0 Å². The maximum atomic E-state index is 6.25. The van der Waals surface area contributed by atoms with Gasteiger partial charge in [-0.3, -0.25) is 0 Å². The van der Waals surface area contributed by atoms with Gasteiger partial charge in [-0.15, -0.1) is 0 Å². The molecule has 1 heterocycles. The minimum absolute atomic E-state index is 0.774. The van der Waals surface area contributed by atoms with Crippen LogP contribution in [-0.2, 0) is 6.54 Å². The third-order valence-corrected chi connectivity index (χ3v) is 4.81. The van der Waals surface area contributed by atoms with E-state index in [4.69, 9.17) is 16.3 Å². The highest BCUT2D eigenvalue weighted by molar-refractivity contribution is 6.31. The molecule has 0 N–H and O–H groups in total. The van der Waals surface area contributed by atoms with Crippen molar-refractivity contribution in [3.8, 4) is 5.75 Å². The van der Waals surface area contributed by atoms with Gasteiger partial charge in [0, 0.05) is 35.0 Å². The van der Waals surface area contributed by atoms with Gasteiger partial charge in [0.25, 0.3) is 0 Å². The van der Waals surface area contributed by atoms with E-state index < -0.39 is 0 Å². The first-order valence-electron chi connectivity index (χ1n) is 8.15. The SMILES string of the molecule is CCN(CC)CCn1c2cc(Cl)ccc2c2ccc(OC)cc21. The quantitative estimate of drug-likeness (QED) is 0.646. The molecule has 0 atom stereocenters. The summed E-state index contributed by atoms with van der Waals surface area (Å²) in [5, 5.41) is 3.26. The summed E-state index contributed by atoms with van der Waals surface area (Å²) in [4.78, 5) is 2.43. The lowest BCUT2D eigenvalue weighted by Gasteiger charge is -2.19. The van der Waals surface area contributed by atoms with Crippen LogP contribution in [0.5, 0.6) is 5.75 Å². The number of rotatable bonds is 6. The van der Waals surface area contributed by atoms with Gasteiger partial charge in [-0.25, -0.2) is 0 Å². The molecule has 0 aliphatic heterocycles. The summed E-state index contributed by atoms with van der Waals surface area (Å²) in [5.74, 6) is 0.885. The number of benzene rings is 2. The smallest absolute Gasteiger partial charge is 0.120 e. The molecule has 0 spiro atoms. The summed E-state index contributed by atoms with van der Waals surface area (Å²) in [5.41, 5.74) is 2.39. The standard InChI is InChI=1S/C19H23ClN2O/c1-4-21(5-2)10-11-22-18-12-14(20)6-8-16(18)17-9-7-15(23-3)13-19(17)22/h6-9,12-13H,4-5,10-11H2,1-3H3. The fourth-order valence-electron chi connectivity index (χ4n) is 3.20. The van der Waals surface area contributed by atoms with Gasteiger partial charge in [0.2, 0.25) is 0 Å². The lowest BCUT2D eigenvalue weighted by atomic mass is 10.1. The van der Waals surface area contributed by atoms with Crippen molar-refractivity contribution in [1.29, 1.82) is 0 Å². The number of aromatic nitrogens is 1. The van der Waals surface area contributed by atoms with Crippen molar-refractivity contribution in [2.24, 2.45) is 0 Å². The zero-order chi connectivity index (χ0) is 16.4. The number of ether oxygens (including phenoxy) is 1. The number of methoxy groups -OCH3 is 1. The van der Waals surface area contributed by atoms with E-state index in [2.05, 4.69) is 47.6 Å². The fourth-order valence-corrected chi connectivity index (χ4v) is 3.36. The largest absolute Gasteiger partial charge is 0.497 e. The molecule has 0 bridgehead atoms. The van der Waals surface area contributed by atoms with Crippen molar-refractivity contribution in [1.82, 2.24) is 9.47 Å². The lowest BCUT2D eigenvalue weighted by molar-refractivity contribution is 0.293. The Hall–Kier alpha value is -1.71. The minimum Gasteiger partial charge on any atom is -0.497 e. The molecule has 122 valence electrons. The molecule has 0 aliphatic carbocycles. The fraction of sp³-hybridized carbons (Fsp3) is 0.368. The predicted octanol–water partition coefficient (Wildman–Crippen LogP) is 4.80. The second-order valence-electron chi connectivity index (χ2n) is 5.72. The average Bonchev–Trinajstić information content (AvgIpc) is 2.88. The Kier molecular flexibility index (Phi) is 4.79. The van der Waals surface area contributed by atoms with Gasteiger partial charge in [-0.05, 0) is 37.4 Å². The van der Waals surface area contributed by atoms with Crippen molar-refractivity contribution in [2.75, 3.05) is 26.7 Å². The zero-order valence-corrected chi connectivity index (χ0v) is 14.7. The van der Waals surface area contributed by atoms with Gasteiger partial charge in [-0.1, -0.05) is 31.5 Å². The maximum absolute atomic E-state index is 6.25. The molecule has 0 radical (unpaired) electrons. The van der Waals surface area contributed by atoms with E-state index >= 15 is 0 Å². The van der Waals surface area contributed by atoms with Crippen LogP contribution in [0.1, 0.15) is 13.8 Å². The molecule has 0 aliphatic rings. The summed E-state index contributed by atoms with van der Waals surface area (Å²) in [7, 11) is 1.71. The number of halogens is 1. The van der Waals surface area contributed by atoms with Crippen LogP contribution in [0.15, 0.2) is 36.4 Å². The predicted molar refractivity (Wildman–Crippen MR) is 98.8 cm³/mol. The van der Waals surface area contributed by atoms with Crippen molar-refractivity contribution in [3.63, 3.8) is 0 Å². The van der Waals surface area contributed by atoms with Crippen LogP contribution < -0.4 is 4.74 Å². The molecule has 2 aromatic carbocycles. The van der Waals surface area contributed by atoms with Gasteiger partial charge < -0.3 is 14.2 Å². The summed E-state index contributed by atoms with van der Waals surface area (Å²) in [6.45, 7) is 8.50. The number of nitrogens with zero attached hydrogens (tertiary/aromatic N) is 2. The molecule has 3 rings (SSSR count). The monoisotopic (exact) mass is 330 g/mol. The van der Waals surface area contributed by atoms with E-state index in [-0.39, 0.29) is 0 Å². The Balaban J connectivity index is 2.15. The first kappa shape index (κ1) is 16.2. The van der Waals surface area contributed by atoms with E-state index in [1.165, 1.54) is 21.8 Å². The third kappa shape index (κ3) is 3.04. The normalized spacial score (nSPS) is 11.7.